The van der Waals surface area contributed by atoms with Crippen molar-refractivity contribution >= 4 is 11.9 Å². The number of ether oxygens (including phenoxy) is 1. The molecule has 5 nitrogen and oxygen atoms in total. The summed E-state index contributed by atoms with van der Waals surface area (Å²) in [5.74, 6) is -1.29. The fourth-order valence-corrected chi connectivity index (χ4v) is 2.64. The van der Waals surface area contributed by atoms with E-state index in [1.165, 1.54) is 29.2 Å². The molecule has 1 atom stereocenters. The van der Waals surface area contributed by atoms with E-state index in [9.17, 15) is 23.5 Å². The molecule has 1 N–H and O–H groups in total. The average Bonchev–Trinajstić information content (AvgIpc) is 2.84. The van der Waals surface area contributed by atoms with Gasteiger partial charge >= 0.3 is 12.6 Å². The Morgan fingerprint density at radius 3 is 2.55 bits per heavy atom. The largest absolute Gasteiger partial charge is 0.480 e. The fourth-order valence-electron chi connectivity index (χ4n) is 2.64. The van der Waals surface area contributed by atoms with Gasteiger partial charge in [-0.1, -0.05) is 12.1 Å². The average molecular weight is 313 g/mol. The highest BCUT2D eigenvalue weighted by atomic mass is 19.3. The Morgan fingerprint density at radius 2 is 2.00 bits per heavy atom. The van der Waals surface area contributed by atoms with Gasteiger partial charge < -0.3 is 14.7 Å². The molecular weight excluding hydrogens is 296 g/mol. The molecule has 1 unspecified atom stereocenters. The Kier molecular flexibility index (Phi) is 4.63. The molecule has 1 amide bonds. The number of carbonyl (C=O) groups is 2. The minimum atomic E-state index is -2.90. The van der Waals surface area contributed by atoms with Gasteiger partial charge in [-0.15, -0.1) is 0 Å². The lowest BCUT2D eigenvalue weighted by atomic mass is 9.98. The predicted molar refractivity (Wildman–Crippen MR) is 73.8 cm³/mol. The molecule has 1 aromatic rings. The molecule has 0 bridgehead atoms. The third-order valence-electron chi connectivity index (χ3n) is 3.91. The molecule has 0 radical (unpaired) electrons. The zero-order chi connectivity index (χ0) is 16.3. The summed E-state index contributed by atoms with van der Waals surface area (Å²) in [6.07, 6.45) is 1.10. The van der Waals surface area contributed by atoms with E-state index >= 15 is 0 Å². The highest BCUT2D eigenvalue weighted by Gasteiger charge is 2.45. The summed E-state index contributed by atoms with van der Waals surface area (Å²) in [6.45, 7) is -0.943. The Morgan fingerprint density at radius 1 is 1.36 bits per heavy atom. The molecule has 1 aliphatic rings. The number of amides is 1. The number of halogens is 2. The van der Waals surface area contributed by atoms with Crippen LogP contribution < -0.4 is 4.74 Å². The van der Waals surface area contributed by atoms with E-state index in [4.69, 9.17) is 0 Å². The summed E-state index contributed by atoms with van der Waals surface area (Å²) in [5.41, 5.74) is -0.554. The monoisotopic (exact) mass is 313 g/mol. The number of carboxylic acid groups (broad SMARTS) is 1. The maximum absolute atomic E-state index is 12.3. The van der Waals surface area contributed by atoms with Gasteiger partial charge in [-0.3, -0.25) is 4.79 Å². The maximum Gasteiger partial charge on any atom is 0.387 e. The molecule has 0 aromatic heterocycles. The van der Waals surface area contributed by atoms with Crippen molar-refractivity contribution in [2.24, 2.45) is 0 Å². The Balaban J connectivity index is 2.04. The molecule has 2 rings (SSSR count). The van der Waals surface area contributed by atoms with Crippen LogP contribution in [-0.2, 0) is 16.0 Å². The normalized spacial score (nSPS) is 21.2. The summed E-state index contributed by atoms with van der Waals surface area (Å²) in [5, 5.41) is 9.30. The van der Waals surface area contributed by atoms with Crippen LogP contribution >= 0.6 is 0 Å². The van der Waals surface area contributed by atoms with Crippen molar-refractivity contribution < 1.29 is 28.2 Å². The number of alkyl halides is 2. The van der Waals surface area contributed by atoms with E-state index in [0.29, 0.717) is 24.9 Å². The summed E-state index contributed by atoms with van der Waals surface area (Å²) < 4.78 is 28.3. The SMILES string of the molecule is CC1(C(=O)O)CCCN1C(=O)Cc1ccc(OC(F)F)cc1. The van der Waals surface area contributed by atoms with Gasteiger partial charge in [-0.25, -0.2) is 4.79 Å². The van der Waals surface area contributed by atoms with E-state index in [1.54, 1.807) is 6.92 Å². The zero-order valence-corrected chi connectivity index (χ0v) is 12.1. The van der Waals surface area contributed by atoms with Crippen molar-refractivity contribution in [3.63, 3.8) is 0 Å². The van der Waals surface area contributed by atoms with Gasteiger partial charge in [0.2, 0.25) is 5.91 Å². The molecule has 22 heavy (non-hydrogen) atoms. The van der Waals surface area contributed by atoms with Crippen LogP contribution in [0.25, 0.3) is 0 Å². The van der Waals surface area contributed by atoms with E-state index in [1.807, 2.05) is 0 Å². The summed E-state index contributed by atoms with van der Waals surface area (Å²) >= 11 is 0. The molecular formula is C15H17F2NO4. The molecule has 120 valence electrons. The highest BCUT2D eigenvalue weighted by Crippen LogP contribution is 2.30. The van der Waals surface area contributed by atoms with E-state index < -0.39 is 18.1 Å². The summed E-state index contributed by atoms with van der Waals surface area (Å²) in [6, 6.07) is 5.75. The topological polar surface area (TPSA) is 66.8 Å². The van der Waals surface area contributed by atoms with Crippen LogP contribution in [0.1, 0.15) is 25.3 Å². The van der Waals surface area contributed by atoms with Gasteiger partial charge in [0.15, 0.2) is 0 Å². The molecule has 7 heteroatoms. The number of carbonyl (C=O) groups excluding carboxylic acids is 1. The first-order valence-electron chi connectivity index (χ1n) is 6.90. The predicted octanol–water partition coefficient (Wildman–Crippen LogP) is 2.30. The van der Waals surface area contributed by atoms with Crippen LogP contribution in [0.15, 0.2) is 24.3 Å². The molecule has 1 fully saturated rings. The van der Waals surface area contributed by atoms with Crippen molar-refractivity contribution in [1.82, 2.24) is 4.90 Å². The number of benzene rings is 1. The number of nitrogens with zero attached hydrogens (tertiary/aromatic N) is 1. The van der Waals surface area contributed by atoms with Gasteiger partial charge in [0.25, 0.3) is 0 Å². The molecule has 0 saturated carbocycles. The van der Waals surface area contributed by atoms with Gasteiger partial charge in [-0.2, -0.15) is 8.78 Å². The number of hydrogen-bond donors (Lipinski definition) is 1. The van der Waals surface area contributed by atoms with Crippen molar-refractivity contribution in [1.29, 1.82) is 0 Å². The molecule has 1 saturated heterocycles. The molecule has 1 aliphatic heterocycles. The van der Waals surface area contributed by atoms with Crippen LogP contribution in [0.2, 0.25) is 0 Å². The van der Waals surface area contributed by atoms with Crippen molar-refractivity contribution in [2.45, 2.75) is 38.3 Å². The lowest BCUT2D eigenvalue weighted by Gasteiger charge is -2.31. The molecule has 1 aromatic carbocycles. The third-order valence-corrected chi connectivity index (χ3v) is 3.91. The first-order valence-corrected chi connectivity index (χ1v) is 6.90. The van der Waals surface area contributed by atoms with Crippen LogP contribution in [0.4, 0.5) is 8.78 Å². The number of aliphatic carboxylic acids is 1. The first kappa shape index (κ1) is 16.2. The van der Waals surface area contributed by atoms with Crippen molar-refractivity contribution in [2.75, 3.05) is 6.54 Å². The van der Waals surface area contributed by atoms with Crippen molar-refractivity contribution in [3.05, 3.63) is 29.8 Å². The standard InChI is InChI=1S/C15H17F2NO4/c1-15(13(20)21)7-2-8-18(15)12(19)9-10-3-5-11(6-4-10)22-14(16)17/h3-6,14H,2,7-9H2,1H3,(H,20,21). The summed E-state index contributed by atoms with van der Waals surface area (Å²) in [4.78, 5) is 25.0. The van der Waals surface area contributed by atoms with Crippen molar-refractivity contribution in [3.8, 4) is 5.75 Å². The van der Waals surface area contributed by atoms with Gasteiger partial charge in [0.1, 0.15) is 11.3 Å². The van der Waals surface area contributed by atoms with E-state index in [2.05, 4.69) is 4.74 Å². The minimum Gasteiger partial charge on any atom is -0.480 e. The highest BCUT2D eigenvalue weighted by molar-refractivity contribution is 5.88. The summed E-state index contributed by atoms with van der Waals surface area (Å²) in [7, 11) is 0. The van der Waals surface area contributed by atoms with Crippen LogP contribution in [0, 0.1) is 0 Å². The minimum absolute atomic E-state index is 0.0164. The molecule has 0 spiro atoms. The number of rotatable bonds is 5. The van der Waals surface area contributed by atoms with Crippen LogP contribution in [-0.4, -0.2) is 40.6 Å². The Bertz CT molecular complexity index is 561. The third kappa shape index (κ3) is 3.35. The Labute approximate surface area is 126 Å². The second-order valence-corrected chi connectivity index (χ2v) is 5.43. The van der Waals surface area contributed by atoms with Gasteiger partial charge in [-0.05, 0) is 37.5 Å². The maximum atomic E-state index is 12.3. The lowest BCUT2D eigenvalue weighted by molar-refractivity contribution is -0.155. The van der Waals surface area contributed by atoms with Crippen LogP contribution in [0.5, 0.6) is 5.75 Å². The second-order valence-electron chi connectivity index (χ2n) is 5.43. The number of likely N-dealkylation sites (tertiary alicyclic amines) is 1. The number of carboxylic acids is 1. The Hall–Kier alpha value is -2.18. The van der Waals surface area contributed by atoms with Crippen LogP contribution in [0.3, 0.4) is 0 Å². The number of hydrogen-bond acceptors (Lipinski definition) is 3. The second kappa shape index (κ2) is 6.29. The van der Waals surface area contributed by atoms with E-state index in [0.717, 1.165) is 0 Å². The fraction of sp³-hybridized carbons (Fsp3) is 0.467. The zero-order valence-electron chi connectivity index (χ0n) is 12.1. The molecule has 0 aliphatic carbocycles. The smallest absolute Gasteiger partial charge is 0.387 e. The molecule has 1 heterocycles. The van der Waals surface area contributed by atoms with Gasteiger partial charge in [0.05, 0.1) is 6.42 Å². The first-order chi connectivity index (χ1) is 10.3. The quantitative estimate of drug-likeness (QED) is 0.906. The lowest BCUT2D eigenvalue weighted by Crippen LogP contribution is -2.51. The van der Waals surface area contributed by atoms with E-state index in [-0.39, 0.29) is 18.1 Å². The van der Waals surface area contributed by atoms with Gasteiger partial charge in [0, 0.05) is 6.54 Å².